The molecule has 0 N–H and O–H groups in total. The molecule has 0 amide bonds. The lowest BCUT2D eigenvalue weighted by atomic mass is 9.86. The van der Waals surface area contributed by atoms with E-state index in [0.717, 1.165) is 50.3 Å². The first-order valence-corrected chi connectivity index (χ1v) is 13.5. The summed E-state index contributed by atoms with van der Waals surface area (Å²) in [5, 5.41) is 0. The Morgan fingerprint density at radius 3 is 1.48 bits per heavy atom. The summed E-state index contributed by atoms with van der Waals surface area (Å²) in [6.45, 7) is 6.67. The minimum Gasteiger partial charge on any atom is -0.265 e. The Morgan fingerprint density at radius 1 is 0.450 bits per heavy atom. The Balaban J connectivity index is 1.42. The van der Waals surface area contributed by atoms with Crippen molar-refractivity contribution in [2.45, 2.75) is 26.2 Å². The second-order valence-corrected chi connectivity index (χ2v) is 10.9. The first kappa shape index (κ1) is 25.3. The van der Waals surface area contributed by atoms with E-state index < -0.39 is 0 Å². The largest absolute Gasteiger partial charge is 0.265 e. The predicted octanol–water partition coefficient (Wildman–Crippen LogP) is 8.90. The van der Waals surface area contributed by atoms with Gasteiger partial charge in [-0.05, 0) is 57.5 Å². The van der Waals surface area contributed by atoms with E-state index in [2.05, 4.69) is 116 Å². The van der Waals surface area contributed by atoms with Crippen molar-refractivity contribution >= 4 is 0 Å². The lowest BCUT2D eigenvalue weighted by molar-refractivity contribution is 0.590. The van der Waals surface area contributed by atoms with E-state index in [1.807, 2.05) is 36.8 Å². The third-order valence-corrected chi connectivity index (χ3v) is 7.11. The Labute approximate surface area is 235 Å². The highest BCUT2D eigenvalue weighted by molar-refractivity contribution is 5.75. The quantitative estimate of drug-likeness (QED) is 0.229. The van der Waals surface area contributed by atoms with Crippen molar-refractivity contribution in [3.63, 3.8) is 0 Å². The van der Waals surface area contributed by atoms with E-state index in [4.69, 9.17) is 9.97 Å². The third-order valence-electron chi connectivity index (χ3n) is 7.11. The molecule has 0 spiro atoms. The summed E-state index contributed by atoms with van der Waals surface area (Å²) in [7, 11) is 0. The molecule has 4 nitrogen and oxygen atoms in total. The van der Waals surface area contributed by atoms with Gasteiger partial charge in [0.25, 0.3) is 0 Å². The zero-order chi connectivity index (χ0) is 27.5. The van der Waals surface area contributed by atoms with Gasteiger partial charge in [0.1, 0.15) is 0 Å². The molecule has 0 aliphatic heterocycles. The maximum absolute atomic E-state index is 5.03. The number of hydrogen-bond donors (Lipinski definition) is 0. The van der Waals surface area contributed by atoms with Gasteiger partial charge in [0.15, 0.2) is 5.82 Å². The molecule has 0 saturated carbocycles. The van der Waals surface area contributed by atoms with Gasteiger partial charge in [-0.1, -0.05) is 99.6 Å². The fourth-order valence-corrected chi connectivity index (χ4v) is 4.74. The molecule has 0 radical (unpaired) electrons. The zero-order valence-electron chi connectivity index (χ0n) is 22.9. The molecule has 0 saturated heterocycles. The first-order chi connectivity index (χ1) is 19.4. The molecule has 3 aromatic carbocycles. The van der Waals surface area contributed by atoms with Gasteiger partial charge in [0.2, 0.25) is 0 Å². The Hall–Kier alpha value is -4.96. The topological polar surface area (TPSA) is 51.6 Å². The van der Waals surface area contributed by atoms with Gasteiger partial charge in [-0.15, -0.1) is 0 Å². The summed E-state index contributed by atoms with van der Waals surface area (Å²) < 4.78 is 0. The van der Waals surface area contributed by atoms with Crippen LogP contribution in [0.4, 0.5) is 0 Å². The van der Waals surface area contributed by atoms with Crippen LogP contribution in [0.15, 0.2) is 128 Å². The van der Waals surface area contributed by atoms with Crippen LogP contribution < -0.4 is 0 Å². The van der Waals surface area contributed by atoms with E-state index >= 15 is 0 Å². The van der Waals surface area contributed by atoms with Gasteiger partial charge < -0.3 is 0 Å². The van der Waals surface area contributed by atoms with Gasteiger partial charge in [0, 0.05) is 41.5 Å². The minimum absolute atomic E-state index is 0.0823. The van der Waals surface area contributed by atoms with Crippen LogP contribution in [0.3, 0.4) is 0 Å². The van der Waals surface area contributed by atoms with Crippen LogP contribution in [0, 0.1) is 0 Å². The van der Waals surface area contributed by atoms with E-state index in [1.165, 1.54) is 5.56 Å². The highest BCUT2D eigenvalue weighted by atomic mass is 14.9. The molecule has 0 aliphatic carbocycles. The van der Waals surface area contributed by atoms with Crippen molar-refractivity contribution in [3.8, 4) is 56.2 Å². The lowest BCUT2D eigenvalue weighted by Gasteiger charge is -2.19. The lowest BCUT2D eigenvalue weighted by Crippen LogP contribution is -2.10. The molecular weight excluding hydrogens is 488 g/mol. The number of aromatic nitrogens is 4. The van der Waals surface area contributed by atoms with Crippen molar-refractivity contribution in [3.05, 3.63) is 133 Å². The molecule has 0 unspecified atom stereocenters. The average molecular weight is 519 g/mol. The molecule has 0 bridgehead atoms. The SMILES string of the molecule is CC(C)(C)c1ccc(-c2nc(-c3ccc(-c4ccncc4)cc3)cc(-c3ccc(-c4cccnc4)cc3)n2)cc1. The van der Waals surface area contributed by atoms with Crippen LogP contribution in [0.1, 0.15) is 26.3 Å². The van der Waals surface area contributed by atoms with Crippen LogP contribution in [0.25, 0.3) is 56.2 Å². The Kier molecular flexibility index (Phi) is 6.75. The Morgan fingerprint density at radius 2 is 0.950 bits per heavy atom. The average Bonchev–Trinajstić information content (AvgIpc) is 3.01. The molecule has 3 heterocycles. The molecule has 40 heavy (non-hydrogen) atoms. The van der Waals surface area contributed by atoms with Crippen LogP contribution >= 0.6 is 0 Å². The monoisotopic (exact) mass is 518 g/mol. The van der Waals surface area contributed by atoms with Crippen LogP contribution in [0.5, 0.6) is 0 Å². The zero-order valence-corrected chi connectivity index (χ0v) is 22.9. The molecule has 194 valence electrons. The molecule has 6 aromatic rings. The maximum Gasteiger partial charge on any atom is 0.160 e. The predicted molar refractivity (Wildman–Crippen MR) is 164 cm³/mol. The van der Waals surface area contributed by atoms with Crippen molar-refractivity contribution < 1.29 is 0 Å². The number of rotatable bonds is 5. The molecule has 0 aliphatic rings. The Bertz CT molecular complexity index is 1620. The van der Waals surface area contributed by atoms with Gasteiger partial charge in [-0.25, -0.2) is 9.97 Å². The maximum atomic E-state index is 5.03. The smallest absolute Gasteiger partial charge is 0.160 e. The summed E-state index contributed by atoms with van der Waals surface area (Å²) in [6, 6.07) is 35.7. The fraction of sp³-hybridized carbons (Fsp3) is 0.111. The van der Waals surface area contributed by atoms with Gasteiger partial charge in [-0.2, -0.15) is 0 Å². The van der Waals surface area contributed by atoms with Gasteiger partial charge in [0.05, 0.1) is 11.4 Å². The van der Waals surface area contributed by atoms with Crippen LogP contribution in [-0.2, 0) is 5.41 Å². The first-order valence-electron chi connectivity index (χ1n) is 13.5. The van der Waals surface area contributed by atoms with E-state index in [9.17, 15) is 0 Å². The highest BCUT2D eigenvalue weighted by Gasteiger charge is 2.15. The summed E-state index contributed by atoms with van der Waals surface area (Å²) in [5.41, 5.74) is 10.7. The summed E-state index contributed by atoms with van der Waals surface area (Å²) in [5.74, 6) is 0.711. The van der Waals surface area contributed by atoms with Crippen LogP contribution in [-0.4, -0.2) is 19.9 Å². The third kappa shape index (κ3) is 5.43. The number of nitrogens with zero attached hydrogens (tertiary/aromatic N) is 4. The second-order valence-electron chi connectivity index (χ2n) is 10.9. The van der Waals surface area contributed by atoms with Crippen molar-refractivity contribution in [1.29, 1.82) is 0 Å². The standard InChI is InChI=1S/C36H30N4/c1-36(2,3)32-16-14-30(15-17-32)35-39-33(28-10-6-25(7-11-28)27-18-21-37-22-19-27)23-34(40-35)29-12-8-26(9-13-29)31-5-4-20-38-24-31/h4-24H,1-3H3. The minimum atomic E-state index is 0.0823. The molecule has 3 aromatic heterocycles. The van der Waals surface area contributed by atoms with Crippen molar-refractivity contribution in [2.75, 3.05) is 0 Å². The van der Waals surface area contributed by atoms with E-state index in [1.54, 1.807) is 6.20 Å². The number of hydrogen-bond acceptors (Lipinski definition) is 4. The summed E-state index contributed by atoms with van der Waals surface area (Å²) in [4.78, 5) is 18.4. The fourth-order valence-electron chi connectivity index (χ4n) is 4.74. The van der Waals surface area contributed by atoms with Crippen molar-refractivity contribution in [2.24, 2.45) is 0 Å². The normalized spacial score (nSPS) is 11.4. The van der Waals surface area contributed by atoms with Crippen molar-refractivity contribution in [1.82, 2.24) is 19.9 Å². The molecule has 0 fully saturated rings. The van der Waals surface area contributed by atoms with E-state index in [-0.39, 0.29) is 5.41 Å². The number of benzene rings is 3. The second kappa shape index (κ2) is 10.7. The summed E-state index contributed by atoms with van der Waals surface area (Å²) >= 11 is 0. The van der Waals surface area contributed by atoms with Crippen LogP contribution in [0.2, 0.25) is 0 Å². The summed E-state index contributed by atoms with van der Waals surface area (Å²) in [6.07, 6.45) is 7.31. The highest BCUT2D eigenvalue weighted by Crippen LogP contribution is 2.31. The number of pyridine rings is 2. The van der Waals surface area contributed by atoms with Gasteiger partial charge >= 0.3 is 0 Å². The molecular formula is C36H30N4. The molecule has 0 atom stereocenters. The van der Waals surface area contributed by atoms with E-state index in [0.29, 0.717) is 5.82 Å². The van der Waals surface area contributed by atoms with Gasteiger partial charge in [-0.3, -0.25) is 9.97 Å². The molecule has 6 rings (SSSR count). The molecule has 4 heteroatoms.